The van der Waals surface area contributed by atoms with E-state index in [9.17, 15) is 19.2 Å². The van der Waals surface area contributed by atoms with Crippen LogP contribution in [0.4, 0.5) is 5.69 Å². The Balaban J connectivity index is 1.52. The number of nitrogens with two attached hydrogens (primary N) is 1. The zero-order chi connectivity index (χ0) is 18.7. The van der Waals surface area contributed by atoms with E-state index in [4.69, 9.17) is 5.73 Å². The van der Waals surface area contributed by atoms with Crippen LogP contribution in [0.3, 0.4) is 0 Å². The van der Waals surface area contributed by atoms with E-state index in [2.05, 4.69) is 5.32 Å². The molecule has 3 N–H and O–H groups in total. The van der Waals surface area contributed by atoms with E-state index in [1.54, 1.807) is 18.2 Å². The monoisotopic (exact) mass is 355 g/mol. The van der Waals surface area contributed by atoms with E-state index in [0.717, 1.165) is 0 Å². The lowest BCUT2D eigenvalue weighted by atomic mass is 9.85. The molecule has 1 aliphatic carbocycles. The Morgan fingerprint density at radius 3 is 2.31 bits per heavy atom. The molecule has 2 aliphatic rings. The Labute approximate surface area is 151 Å². The number of fused-ring (bicyclic) bond motifs is 1. The number of likely N-dealkylation sites (tertiary alicyclic amines) is 1. The molecule has 7 heteroatoms. The lowest BCUT2D eigenvalue weighted by Gasteiger charge is -2.14. The maximum Gasteiger partial charge on any atom is 0.250 e. The zero-order valence-electron chi connectivity index (χ0n) is 14.3. The van der Waals surface area contributed by atoms with Crippen molar-refractivity contribution >= 4 is 29.3 Å². The van der Waals surface area contributed by atoms with Crippen LogP contribution in [-0.4, -0.2) is 35.1 Å². The van der Waals surface area contributed by atoms with Gasteiger partial charge in [0.05, 0.1) is 23.1 Å². The molecule has 0 bridgehead atoms. The number of carbonyl (C=O) groups is 4. The number of nitrogens with zero attached hydrogens (tertiary/aromatic N) is 1. The van der Waals surface area contributed by atoms with Gasteiger partial charge in [-0.15, -0.1) is 0 Å². The molecule has 1 aromatic carbocycles. The SMILES string of the molecule is NC(=O)c1ccccc1NC(=O)CCCN1C(=O)C2CC=CCC2C1=O. The summed E-state index contributed by atoms with van der Waals surface area (Å²) in [5.74, 6) is -1.68. The van der Waals surface area contributed by atoms with E-state index < -0.39 is 5.91 Å². The molecule has 7 nitrogen and oxygen atoms in total. The van der Waals surface area contributed by atoms with Crippen molar-refractivity contribution in [3.05, 3.63) is 42.0 Å². The van der Waals surface area contributed by atoms with Gasteiger partial charge in [0.1, 0.15) is 0 Å². The van der Waals surface area contributed by atoms with Gasteiger partial charge in [0.2, 0.25) is 17.7 Å². The number of primary amides is 1. The van der Waals surface area contributed by atoms with Crippen LogP contribution in [0.2, 0.25) is 0 Å². The van der Waals surface area contributed by atoms with Gasteiger partial charge in [-0.05, 0) is 31.4 Å². The molecular weight excluding hydrogens is 334 g/mol. The van der Waals surface area contributed by atoms with Crippen molar-refractivity contribution in [2.24, 2.45) is 17.6 Å². The van der Waals surface area contributed by atoms with Gasteiger partial charge in [0, 0.05) is 13.0 Å². The maximum atomic E-state index is 12.4. The van der Waals surface area contributed by atoms with E-state index in [1.165, 1.54) is 11.0 Å². The first-order chi connectivity index (χ1) is 12.5. The molecule has 1 aliphatic heterocycles. The number of allylic oxidation sites excluding steroid dienone is 2. The molecule has 3 rings (SSSR count). The molecule has 0 saturated carbocycles. The molecule has 1 aromatic rings. The van der Waals surface area contributed by atoms with Crippen LogP contribution >= 0.6 is 0 Å². The number of carbonyl (C=O) groups excluding carboxylic acids is 4. The number of rotatable bonds is 6. The lowest BCUT2D eigenvalue weighted by molar-refractivity contribution is -0.140. The zero-order valence-corrected chi connectivity index (χ0v) is 14.3. The second-order valence-corrected chi connectivity index (χ2v) is 6.55. The van der Waals surface area contributed by atoms with Gasteiger partial charge in [-0.25, -0.2) is 0 Å². The molecule has 0 radical (unpaired) electrons. The van der Waals surface area contributed by atoms with Gasteiger partial charge >= 0.3 is 0 Å². The van der Waals surface area contributed by atoms with Crippen LogP contribution in [0.5, 0.6) is 0 Å². The second-order valence-electron chi connectivity index (χ2n) is 6.55. The summed E-state index contributed by atoms with van der Waals surface area (Å²) in [7, 11) is 0. The second kappa shape index (κ2) is 7.51. The third-order valence-corrected chi connectivity index (χ3v) is 4.85. The highest BCUT2D eigenvalue weighted by molar-refractivity contribution is 6.05. The largest absolute Gasteiger partial charge is 0.366 e. The quantitative estimate of drug-likeness (QED) is 0.594. The van der Waals surface area contributed by atoms with Crippen LogP contribution in [0.25, 0.3) is 0 Å². The topological polar surface area (TPSA) is 110 Å². The van der Waals surface area contributed by atoms with Gasteiger partial charge in [0.25, 0.3) is 5.91 Å². The molecule has 1 heterocycles. The van der Waals surface area contributed by atoms with Crippen molar-refractivity contribution < 1.29 is 19.2 Å². The van der Waals surface area contributed by atoms with Gasteiger partial charge < -0.3 is 11.1 Å². The number of para-hydroxylation sites is 1. The summed E-state index contributed by atoms with van der Waals surface area (Å²) in [4.78, 5) is 49.5. The number of imide groups is 1. The fourth-order valence-corrected chi connectivity index (χ4v) is 3.51. The lowest BCUT2D eigenvalue weighted by Crippen LogP contribution is -2.32. The molecule has 136 valence electrons. The molecule has 0 aromatic heterocycles. The first-order valence-electron chi connectivity index (χ1n) is 8.68. The molecular formula is C19H21N3O4. The summed E-state index contributed by atoms with van der Waals surface area (Å²) in [6, 6.07) is 6.49. The molecule has 26 heavy (non-hydrogen) atoms. The van der Waals surface area contributed by atoms with Crippen molar-refractivity contribution in [1.82, 2.24) is 4.90 Å². The average molecular weight is 355 g/mol. The highest BCUT2D eigenvalue weighted by atomic mass is 16.2. The molecule has 1 fully saturated rings. The van der Waals surface area contributed by atoms with E-state index >= 15 is 0 Å². The summed E-state index contributed by atoms with van der Waals surface area (Å²) in [5.41, 5.74) is 5.88. The number of anilines is 1. The van der Waals surface area contributed by atoms with Crippen molar-refractivity contribution in [2.75, 3.05) is 11.9 Å². The molecule has 1 saturated heterocycles. The van der Waals surface area contributed by atoms with E-state index in [1.807, 2.05) is 12.2 Å². The normalized spacial score (nSPS) is 21.6. The molecule has 2 unspecified atom stereocenters. The molecule has 0 spiro atoms. The van der Waals surface area contributed by atoms with Crippen LogP contribution in [0.15, 0.2) is 36.4 Å². The van der Waals surface area contributed by atoms with Crippen molar-refractivity contribution in [3.63, 3.8) is 0 Å². The molecule has 4 amide bonds. The van der Waals surface area contributed by atoms with Crippen molar-refractivity contribution in [1.29, 1.82) is 0 Å². The summed E-state index contributed by atoms with van der Waals surface area (Å²) < 4.78 is 0. The molecule has 2 atom stereocenters. The Bertz CT molecular complexity index is 761. The predicted octanol–water partition coefficient (Wildman–Crippen LogP) is 1.46. The summed E-state index contributed by atoms with van der Waals surface area (Å²) in [6.45, 7) is 0.232. The fraction of sp³-hybridized carbons (Fsp3) is 0.368. The first-order valence-corrected chi connectivity index (χ1v) is 8.68. The number of amides is 4. The Hall–Kier alpha value is -2.96. The minimum atomic E-state index is -0.620. The van der Waals surface area contributed by atoms with Crippen LogP contribution in [-0.2, 0) is 14.4 Å². The van der Waals surface area contributed by atoms with Gasteiger partial charge in [-0.3, -0.25) is 24.1 Å². The third-order valence-electron chi connectivity index (χ3n) is 4.85. The van der Waals surface area contributed by atoms with Crippen LogP contribution in [0, 0.1) is 11.8 Å². The minimum absolute atomic E-state index is 0.135. The van der Waals surface area contributed by atoms with Gasteiger partial charge in [-0.1, -0.05) is 24.3 Å². The van der Waals surface area contributed by atoms with Crippen molar-refractivity contribution in [3.8, 4) is 0 Å². The van der Waals surface area contributed by atoms with Gasteiger partial charge in [0.15, 0.2) is 0 Å². The third kappa shape index (κ3) is 3.51. The number of hydrogen-bond donors (Lipinski definition) is 2. The maximum absolute atomic E-state index is 12.4. The Morgan fingerprint density at radius 2 is 1.69 bits per heavy atom. The highest BCUT2D eigenvalue weighted by Gasteiger charge is 2.46. The predicted molar refractivity (Wildman–Crippen MR) is 94.9 cm³/mol. The number of benzene rings is 1. The minimum Gasteiger partial charge on any atom is -0.366 e. The summed E-state index contributed by atoms with van der Waals surface area (Å²) in [5, 5.41) is 2.65. The van der Waals surface area contributed by atoms with Crippen molar-refractivity contribution in [2.45, 2.75) is 25.7 Å². The Kier molecular flexibility index (Phi) is 5.16. The fourth-order valence-electron chi connectivity index (χ4n) is 3.51. The first kappa shape index (κ1) is 17.8. The van der Waals surface area contributed by atoms with Gasteiger partial charge in [-0.2, -0.15) is 0 Å². The van der Waals surface area contributed by atoms with Crippen LogP contribution in [0.1, 0.15) is 36.0 Å². The average Bonchev–Trinajstić information content (AvgIpc) is 2.87. The summed E-state index contributed by atoms with van der Waals surface area (Å²) >= 11 is 0. The standard InChI is InChI=1S/C19H21N3O4/c20-17(24)14-8-3-4-9-15(14)21-16(23)10-5-11-22-18(25)12-6-1-2-7-13(12)19(22)26/h1-4,8-9,12-13H,5-7,10-11H2,(H2,20,24)(H,21,23). The smallest absolute Gasteiger partial charge is 0.250 e. The Morgan fingerprint density at radius 1 is 1.08 bits per heavy atom. The summed E-state index contributed by atoms with van der Waals surface area (Å²) in [6.07, 6.45) is 5.61. The number of hydrogen-bond acceptors (Lipinski definition) is 4. The highest BCUT2D eigenvalue weighted by Crippen LogP contribution is 2.35. The van der Waals surface area contributed by atoms with E-state index in [-0.39, 0.29) is 48.1 Å². The number of nitrogens with one attached hydrogen (secondary N) is 1. The van der Waals surface area contributed by atoms with Crippen LogP contribution < -0.4 is 11.1 Å². The van der Waals surface area contributed by atoms with E-state index in [0.29, 0.717) is 24.9 Å².